The van der Waals surface area contributed by atoms with Crippen molar-refractivity contribution >= 4 is 21.6 Å². The van der Waals surface area contributed by atoms with Crippen LogP contribution in [0.2, 0.25) is 0 Å². The average molecular weight is 163 g/mol. The first-order valence-corrected chi connectivity index (χ1v) is 4.50. The van der Waals surface area contributed by atoms with Crippen LogP contribution in [0.5, 0.6) is 0 Å². The average Bonchev–Trinajstić information content (AvgIpc) is 1.94. The zero-order valence-electron chi connectivity index (χ0n) is 8.05. The van der Waals surface area contributed by atoms with Gasteiger partial charge in [0.15, 0.2) is 0 Å². The molecular weight excluding hydrogens is 148 g/mol. The molecule has 1 aliphatic rings. The predicted molar refractivity (Wildman–Crippen MR) is 55.5 cm³/mol. The molecule has 0 aromatic carbocycles. The Kier molecular flexibility index (Phi) is 2.65. The minimum atomic E-state index is -0.00480. The molecule has 1 atom stereocenters. The summed E-state index contributed by atoms with van der Waals surface area (Å²) in [6.07, 6.45) is 5.96. The highest BCUT2D eigenvalue weighted by Crippen LogP contribution is 2.19. The summed E-state index contributed by atoms with van der Waals surface area (Å²) in [5, 5.41) is 3.00. The maximum absolute atomic E-state index is 11.4. The molecule has 1 unspecified atom stereocenters. The van der Waals surface area contributed by atoms with E-state index in [9.17, 15) is 4.79 Å². The second-order valence-corrected chi connectivity index (χ2v) is 4.04. The quantitative estimate of drug-likeness (QED) is 0.390. The highest BCUT2D eigenvalue weighted by molar-refractivity contribution is 6.41. The third-order valence-corrected chi connectivity index (χ3v) is 2.30. The van der Waals surface area contributed by atoms with Crippen LogP contribution >= 0.6 is 0 Å². The van der Waals surface area contributed by atoms with Crippen LogP contribution in [0.25, 0.3) is 0 Å². The van der Waals surface area contributed by atoms with E-state index in [4.69, 9.17) is 0 Å². The Morgan fingerprint density at radius 2 is 2.33 bits per heavy atom. The van der Waals surface area contributed by atoms with Crippen molar-refractivity contribution in [3.8, 4) is 0 Å². The van der Waals surface area contributed by atoms with Gasteiger partial charge in [-0.05, 0) is 25.1 Å². The molecule has 0 aromatic heterocycles. The largest absolute Gasteiger partial charge is 0.366 e. The van der Waals surface area contributed by atoms with E-state index in [2.05, 4.69) is 21.0 Å². The van der Waals surface area contributed by atoms with Gasteiger partial charge < -0.3 is 5.32 Å². The first-order valence-electron chi connectivity index (χ1n) is 4.50. The normalized spacial score (nSPS) is 28.8. The second kappa shape index (κ2) is 3.38. The van der Waals surface area contributed by atoms with Crippen LogP contribution in [0, 0.1) is 5.92 Å². The van der Waals surface area contributed by atoms with Gasteiger partial charge in [-0.15, -0.1) is 0 Å². The molecule has 0 bridgehead atoms. The predicted octanol–water partition coefficient (Wildman–Crippen LogP) is -0.991. The van der Waals surface area contributed by atoms with Gasteiger partial charge in [-0.1, -0.05) is 12.2 Å². The lowest BCUT2D eigenvalue weighted by Crippen LogP contribution is -2.55. The molecule has 1 fully saturated rings. The lowest BCUT2D eigenvalue weighted by atomic mass is 9.57. The molecule has 1 heterocycles. The molecule has 12 heavy (non-hydrogen) atoms. The number of rotatable bonds is 1. The molecule has 1 aliphatic heterocycles. The van der Waals surface area contributed by atoms with E-state index in [1.54, 1.807) is 0 Å². The summed E-state index contributed by atoms with van der Waals surface area (Å²) in [6.45, 7) is 1.95. The molecule has 0 aliphatic carbocycles. The van der Waals surface area contributed by atoms with E-state index in [1.165, 1.54) is 0 Å². The van der Waals surface area contributed by atoms with Crippen LogP contribution in [0.4, 0.5) is 0 Å². The van der Waals surface area contributed by atoms with Crippen LogP contribution < -0.4 is 5.32 Å². The fourth-order valence-electron chi connectivity index (χ4n) is 1.55. The fourth-order valence-corrected chi connectivity index (χ4v) is 1.55. The highest BCUT2D eigenvalue weighted by Gasteiger charge is 2.30. The molecule has 0 aromatic rings. The molecule has 0 radical (unpaired) electrons. The first kappa shape index (κ1) is 9.43. The van der Waals surface area contributed by atoms with E-state index in [0.717, 1.165) is 12.8 Å². The molecule has 0 spiro atoms. The summed E-state index contributed by atoms with van der Waals surface area (Å²) in [7, 11) is 4.13. The number of carbonyl (C=O) groups excluding carboxylic acids is 1. The summed E-state index contributed by atoms with van der Waals surface area (Å²) < 4.78 is 0. The van der Waals surface area contributed by atoms with Crippen molar-refractivity contribution < 1.29 is 4.79 Å². The van der Waals surface area contributed by atoms with Crippen LogP contribution in [-0.4, -0.2) is 26.9 Å². The SMILES string of the molecule is BC1(B)CCC(/C=C\C)C(=O)N1. The summed E-state index contributed by atoms with van der Waals surface area (Å²) in [5.41, 5.74) is 0. The Hall–Kier alpha value is -0.660. The molecular formula is C8H15B2NO. The number of hydrogen-bond acceptors (Lipinski definition) is 1. The van der Waals surface area contributed by atoms with Crippen LogP contribution in [-0.2, 0) is 4.79 Å². The Morgan fingerprint density at radius 1 is 1.67 bits per heavy atom. The molecule has 4 heteroatoms. The van der Waals surface area contributed by atoms with Crippen LogP contribution in [0.1, 0.15) is 19.8 Å². The second-order valence-electron chi connectivity index (χ2n) is 4.04. The van der Waals surface area contributed by atoms with Crippen molar-refractivity contribution in [2.45, 2.75) is 25.1 Å². The number of carbonyl (C=O) groups is 1. The zero-order valence-corrected chi connectivity index (χ0v) is 8.05. The minimum Gasteiger partial charge on any atom is -0.366 e. The van der Waals surface area contributed by atoms with Gasteiger partial charge in [-0.3, -0.25) is 4.79 Å². The Balaban J connectivity index is 2.60. The van der Waals surface area contributed by atoms with E-state index >= 15 is 0 Å². The van der Waals surface area contributed by atoms with Gasteiger partial charge >= 0.3 is 0 Å². The van der Waals surface area contributed by atoms with Crippen molar-refractivity contribution in [1.82, 2.24) is 5.32 Å². The van der Waals surface area contributed by atoms with E-state index < -0.39 is 0 Å². The molecule has 1 saturated heterocycles. The summed E-state index contributed by atoms with van der Waals surface area (Å²) in [4.78, 5) is 11.4. The monoisotopic (exact) mass is 163 g/mol. The Labute approximate surface area is 75.6 Å². The number of nitrogens with one attached hydrogen (secondary N) is 1. The van der Waals surface area contributed by atoms with Gasteiger partial charge in [0.1, 0.15) is 15.7 Å². The number of allylic oxidation sites excluding steroid dienone is 1. The van der Waals surface area contributed by atoms with Crippen molar-refractivity contribution in [3.05, 3.63) is 12.2 Å². The first-order chi connectivity index (χ1) is 5.55. The fraction of sp³-hybridized carbons (Fsp3) is 0.625. The molecule has 1 rings (SSSR count). The van der Waals surface area contributed by atoms with Crippen LogP contribution in [0.3, 0.4) is 0 Å². The van der Waals surface area contributed by atoms with Crippen molar-refractivity contribution in [2.75, 3.05) is 0 Å². The summed E-state index contributed by atoms with van der Waals surface area (Å²) in [5.74, 6) is 0.271. The van der Waals surface area contributed by atoms with Crippen molar-refractivity contribution in [2.24, 2.45) is 5.92 Å². The maximum Gasteiger partial charge on any atom is 0.226 e. The van der Waals surface area contributed by atoms with Gasteiger partial charge in [-0.2, -0.15) is 0 Å². The number of hydrogen-bond donors (Lipinski definition) is 1. The van der Waals surface area contributed by atoms with Gasteiger partial charge in [0.2, 0.25) is 5.91 Å². The van der Waals surface area contributed by atoms with Crippen molar-refractivity contribution in [1.29, 1.82) is 0 Å². The number of amides is 1. The van der Waals surface area contributed by atoms with Gasteiger partial charge in [0.25, 0.3) is 0 Å². The molecule has 0 saturated carbocycles. The standard InChI is InChI=1S/C8H15B2NO/c1-2-3-6-4-5-8(9,10)11-7(6)12/h2-3,6H,4-5,9-10H2,1H3,(H,11,12)/b3-2-. The Morgan fingerprint density at radius 3 is 2.83 bits per heavy atom. The van der Waals surface area contributed by atoms with Gasteiger partial charge in [0.05, 0.1) is 5.92 Å². The lowest BCUT2D eigenvalue weighted by molar-refractivity contribution is -0.125. The molecule has 1 N–H and O–H groups in total. The zero-order chi connectivity index (χ0) is 9.19. The van der Waals surface area contributed by atoms with Gasteiger partial charge in [-0.25, -0.2) is 0 Å². The third-order valence-electron chi connectivity index (χ3n) is 2.30. The Bertz CT molecular complexity index is 213. The van der Waals surface area contributed by atoms with Gasteiger partial charge in [0, 0.05) is 0 Å². The smallest absolute Gasteiger partial charge is 0.226 e. The van der Waals surface area contributed by atoms with E-state index in [-0.39, 0.29) is 17.2 Å². The summed E-state index contributed by atoms with van der Waals surface area (Å²) in [6, 6.07) is 0. The van der Waals surface area contributed by atoms with E-state index in [0.29, 0.717) is 0 Å². The van der Waals surface area contributed by atoms with E-state index in [1.807, 2.05) is 19.1 Å². The van der Waals surface area contributed by atoms with Crippen LogP contribution in [0.15, 0.2) is 12.2 Å². The maximum atomic E-state index is 11.4. The molecule has 1 amide bonds. The van der Waals surface area contributed by atoms with Crippen molar-refractivity contribution in [3.63, 3.8) is 0 Å². The summed E-state index contributed by atoms with van der Waals surface area (Å²) >= 11 is 0. The minimum absolute atomic E-state index is 0.00480. The molecule has 64 valence electrons. The highest BCUT2D eigenvalue weighted by atomic mass is 16.2. The topological polar surface area (TPSA) is 29.1 Å². The molecule has 2 nitrogen and oxygen atoms in total. The third kappa shape index (κ3) is 2.16. The number of piperidine rings is 1. The lowest BCUT2D eigenvalue weighted by Gasteiger charge is -2.34.